The lowest BCUT2D eigenvalue weighted by atomic mass is 10.0. The third kappa shape index (κ3) is 3.30. The summed E-state index contributed by atoms with van der Waals surface area (Å²) >= 11 is 0. The van der Waals surface area contributed by atoms with Crippen LogP contribution in [-0.4, -0.2) is 66.5 Å². The van der Waals surface area contributed by atoms with Crippen LogP contribution in [0, 0.1) is 5.92 Å². The molecule has 3 atom stereocenters. The first-order chi connectivity index (χ1) is 9.30. The number of piperidine rings is 1. The Morgan fingerprint density at radius 2 is 1.75 bits per heavy atom. The summed E-state index contributed by atoms with van der Waals surface area (Å²) in [6, 6.07) is 0. The summed E-state index contributed by atoms with van der Waals surface area (Å²) in [7, 11) is -3.59. The Kier molecular flexibility index (Phi) is 4.68. The average Bonchev–Trinajstić information content (AvgIpc) is 2.37. The van der Waals surface area contributed by atoms with Crippen molar-refractivity contribution in [3.8, 4) is 0 Å². The maximum atomic E-state index is 12.6. The second kappa shape index (κ2) is 5.97. The molecule has 0 amide bonds. The van der Waals surface area contributed by atoms with Gasteiger partial charge in [0.1, 0.15) is 0 Å². The zero-order chi connectivity index (χ0) is 14.9. The van der Waals surface area contributed by atoms with E-state index in [1.807, 2.05) is 13.8 Å². The van der Waals surface area contributed by atoms with Crippen molar-refractivity contribution < 1.29 is 23.1 Å². The molecule has 2 saturated heterocycles. The molecule has 20 heavy (non-hydrogen) atoms. The summed E-state index contributed by atoms with van der Waals surface area (Å²) in [6.07, 6.45) is 0.838. The fraction of sp³-hybridized carbons (Fsp3) is 0.917. The first-order valence-corrected chi connectivity index (χ1v) is 8.34. The monoisotopic (exact) mass is 306 g/mol. The zero-order valence-electron chi connectivity index (χ0n) is 11.9. The van der Waals surface area contributed by atoms with E-state index in [0.717, 1.165) is 0 Å². The number of carboxylic acid groups (broad SMARTS) is 1. The molecule has 0 saturated carbocycles. The second-order valence-electron chi connectivity index (χ2n) is 5.62. The molecule has 0 aliphatic carbocycles. The predicted molar refractivity (Wildman–Crippen MR) is 72.4 cm³/mol. The molecule has 0 aromatic heterocycles. The van der Waals surface area contributed by atoms with Gasteiger partial charge in [-0.25, -0.2) is 0 Å². The Morgan fingerprint density at radius 1 is 1.15 bits per heavy atom. The Bertz CT molecular complexity index is 456. The summed E-state index contributed by atoms with van der Waals surface area (Å²) in [5.41, 5.74) is 0. The van der Waals surface area contributed by atoms with Crippen molar-refractivity contribution in [3.05, 3.63) is 0 Å². The highest BCUT2D eigenvalue weighted by molar-refractivity contribution is 7.86. The van der Waals surface area contributed by atoms with Gasteiger partial charge in [-0.3, -0.25) is 4.79 Å². The summed E-state index contributed by atoms with van der Waals surface area (Å²) in [6.45, 7) is 4.79. The predicted octanol–water partition coefficient (Wildman–Crippen LogP) is 0.137. The lowest BCUT2D eigenvalue weighted by Gasteiger charge is -2.39. The van der Waals surface area contributed by atoms with Crippen LogP contribution in [0.5, 0.6) is 0 Å². The quantitative estimate of drug-likeness (QED) is 0.801. The highest BCUT2D eigenvalue weighted by atomic mass is 32.2. The molecule has 8 heteroatoms. The van der Waals surface area contributed by atoms with E-state index in [1.54, 1.807) is 0 Å². The zero-order valence-corrected chi connectivity index (χ0v) is 12.7. The maximum absolute atomic E-state index is 12.6. The molecule has 0 spiro atoms. The number of ether oxygens (including phenoxy) is 1. The van der Waals surface area contributed by atoms with Gasteiger partial charge in [0, 0.05) is 26.2 Å². The lowest BCUT2D eigenvalue weighted by molar-refractivity contribution is -0.142. The van der Waals surface area contributed by atoms with E-state index in [4.69, 9.17) is 9.84 Å². The Balaban J connectivity index is 2.11. The van der Waals surface area contributed by atoms with Crippen LogP contribution in [0.3, 0.4) is 0 Å². The van der Waals surface area contributed by atoms with Crippen molar-refractivity contribution in [2.45, 2.75) is 38.9 Å². The molecule has 0 aromatic rings. The molecule has 2 rings (SSSR count). The summed E-state index contributed by atoms with van der Waals surface area (Å²) in [5.74, 6) is -1.52. The normalized spacial score (nSPS) is 34.0. The molecule has 2 heterocycles. The maximum Gasteiger partial charge on any atom is 0.307 e. The van der Waals surface area contributed by atoms with Gasteiger partial charge in [0.15, 0.2) is 0 Å². The van der Waals surface area contributed by atoms with Gasteiger partial charge >= 0.3 is 5.97 Å². The highest BCUT2D eigenvalue weighted by Crippen LogP contribution is 2.23. The SMILES string of the molecule is CC1CN(S(=O)(=O)N2CCC[C@H](C(=O)O)C2)CC(C)O1. The molecule has 116 valence electrons. The van der Waals surface area contributed by atoms with Crippen molar-refractivity contribution >= 4 is 16.2 Å². The van der Waals surface area contributed by atoms with Gasteiger partial charge in [-0.15, -0.1) is 0 Å². The van der Waals surface area contributed by atoms with E-state index < -0.39 is 22.1 Å². The van der Waals surface area contributed by atoms with Gasteiger partial charge in [-0.05, 0) is 26.7 Å². The van der Waals surface area contributed by atoms with E-state index in [2.05, 4.69) is 0 Å². The van der Waals surface area contributed by atoms with Crippen LogP contribution in [0.25, 0.3) is 0 Å². The molecule has 7 nitrogen and oxygen atoms in total. The number of carboxylic acids is 1. The van der Waals surface area contributed by atoms with E-state index >= 15 is 0 Å². The summed E-state index contributed by atoms with van der Waals surface area (Å²) in [5, 5.41) is 9.06. The van der Waals surface area contributed by atoms with Crippen LogP contribution in [0.15, 0.2) is 0 Å². The van der Waals surface area contributed by atoms with E-state index in [9.17, 15) is 13.2 Å². The van der Waals surface area contributed by atoms with Gasteiger partial charge in [0.25, 0.3) is 10.2 Å². The lowest BCUT2D eigenvalue weighted by Crippen LogP contribution is -2.55. The topological polar surface area (TPSA) is 87.2 Å². The van der Waals surface area contributed by atoms with E-state index in [0.29, 0.717) is 32.5 Å². The average molecular weight is 306 g/mol. The largest absolute Gasteiger partial charge is 0.481 e. The molecule has 2 aliphatic rings. The molecule has 2 fully saturated rings. The van der Waals surface area contributed by atoms with Crippen LogP contribution in [0.1, 0.15) is 26.7 Å². The summed E-state index contributed by atoms with van der Waals surface area (Å²) in [4.78, 5) is 11.1. The minimum Gasteiger partial charge on any atom is -0.481 e. The van der Waals surface area contributed by atoms with Crippen molar-refractivity contribution in [2.75, 3.05) is 26.2 Å². The number of rotatable bonds is 3. The van der Waals surface area contributed by atoms with Gasteiger partial charge in [-0.2, -0.15) is 17.0 Å². The Hall–Kier alpha value is -0.700. The van der Waals surface area contributed by atoms with Gasteiger partial charge in [0.05, 0.1) is 18.1 Å². The number of hydrogen-bond acceptors (Lipinski definition) is 4. The fourth-order valence-electron chi connectivity index (χ4n) is 2.84. The highest BCUT2D eigenvalue weighted by Gasteiger charge is 2.38. The first kappa shape index (κ1) is 15.7. The standard InChI is InChI=1S/C12H22N2O5S/c1-9-6-14(7-10(2)19-9)20(17,18)13-5-3-4-11(8-13)12(15)16/h9-11H,3-8H2,1-2H3,(H,15,16)/t9?,10?,11-/m0/s1. The number of hydrogen-bond donors (Lipinski definition) is 1. The number of morpholine rings is 1. The van der Waals surface area contributed by atoms with E-state index in [-0.39, 0.29) is 18.8 Å². The van der Waals surface area contributed by atoms with Crippen LogP contribution in [0.4, 0.5) is 0 Å². The van der Waals surface area contributed by atoms with Gasteiger partial charge in [0.2, 0.25) is 0 Å². The van der Waals surface area contributed by atoms with Crippen molar-refractivity contribution in [1.82, 2.24) is 8.61 Å². The molecule has 1 N–H and O–H groups in total. The van der Waals surface area contributed by atoms with Crippen molar-refractivity contribution in [3.63, 3.8) is 0 Å². The minimum atomic E-state index is -3.59. The Labute approximate surface area is 119 Å². The third-order valence-electron chi connectivity index (χ3n) is 3.77. The molecule has 2 aliphatic heterocycles. The minimum absolute atomic E-state index is 0.0672. The molecule has 0 aromatic carbocycles. The van der Waals surface area contributed by atoms with Crippen LogP contribution >= 0.6 is 0 Å². The van der Waals surface area contributed by atoms with E-state index in [1.165, 1.54) is 8.61 Å². The van der Waals surface area contributed by atoms with Crippen LogP contribution < -0.4 is 0 Å². The Morgan fingerprint density at radius 3 is 2.30 bits per heavy atom. The van der Waals surface area contributed by atoms with Crippen molar-refractivity contribution in [2.24, 2.45) is 5.92 Å². The van der Waals surface area contributed by atoms with Gasteiger partial charge in [-0.1, -0.05) is 0 Å². The number of carbonyl (C=O) groups is 1. The molecule has 0 bridgehead atoms. The van der Waals surface area contributed by atoms with Crippen molar-refractivity contribution in [1.29, 1.82) is 0 Å². The number of nitrogens with zero attached hydrogens (tertiary/aromatic N) is 2. The fourth-order valence-corrected chi connectivity index (χ4v) is 4.69. The molecular formula is C12H22N2O5S. The smallest absolute Gasteiger partial charge is 0.307 e. The molecule has 2 unspecified atom stereocenters. The number of aliphatic carboxylic acids is 1. The first-order valence-electron chi connectivity index (χ1n) is 6.94. The second-order valence-corrected chi connectivity index (χ2v) is 7.55. The van der Waals surface area contributed by atoms with Crippen LogP contribution in [0.2, 0.25) is 0 Å². The van der Waals surface area contributed by atoms with Gasteiger partial charge < -0.3 is 9.84 Å². The molecule has 0 radical (unpaired) electrons. The van der Waals surface area contributed by atoms with Crippen LogP contribution in [-0.2, 0) is 19.7 Å². The molecular weight excluding hydrogens is 284 g/mol. The summed E-state index contributed by atoms with van der Waals surface area (Å²) < 4.78 is 33.5. The third-order valence-corrected chi connectivity index (χ3v) is 5.71.